The molecule has 24 heavy (non-hydrogen) atoms. The largest absolute Gasteiger partial charge is 0.467 e. The van der Waals surface area contributed by atoms with E-state index in [-0.39, 0.29) is 23.8 Å². The van der Waals surface area contributed by atoms with Crippen LogP contribution in [0.4, 0.5) is 4.79 Å². The monoisotopic (exact) mass is 340 g/mol. The Balaban J connectivity index is 2.00. The molecule has 2 unspecified atom stereocenters. The highest BCUT2D eigenvalue weighted by atomic mass is 16.6. The molecule has 2 aliphatic rings. The molecule has 2 rings (SSSR count). The Morgan fingerprint density at radius 2 is 1.96 bits per heavy atom. The van der Waals surface area contributed by atoms with Crippen molar-refractivity contribution in [3.8, 4) is 0 Å². The van der Waals surface area contributed by atoms with Crippen molar-refractivity contribution in [1.82, 2.24) is 10.6 Å². The van der Waals surface area contributed by atoms with E-state index in [0.29, 0.717) is 6.42 Å². The molecule has 0 aromatic carbocycles. The Kier molecular flexibility index (Phi) is 5.40. The molecule has 1 saturated carbocycles. The maximum atomic E-state index is 12.3. The predicted molar refractivity (Wildman–Crippen MR) is 87.2 cm³/mol. The predicted octanol–water partition coefficient (Wildman–Crippen LogP) is 1.89. The van der Waals surface area contributed by atoms with Crippen molar-refractivity contribution in [3.05, 3.63) is 0 Å². The summed E-state index contributed by atoms with van der Waals surface area (Å²) in [5.41, 5.74) is -0.780. The zero-order chi connectivity index (χ0) is 18.0. The summed E-state index contributed by atoms with van der Waals surface area (Å²) in [6.07, 6.45) is 4.43. The summed E-state index contributed by atoms with van der Waals surface area (Å²) in [6, 6.07) is -0.892. The second-order valence-electron chi connectivity index (χ2n) is 7.84. The van der Waals surface area contributed by atoms with Crippen molar-refractivity contribution < 1.29 is 23.9 Å². The number of ether oxygens (including phenoxy) is 2. The minimum Gasteiger partial charge on any atom is -0.467 e. The molecule has 7 heteroatoms. The van der Waals surface area contributed by atoms with E-state index in [1.165, 1.54) is 7.11 Å². The van der Waals surface area contributed by atoms with Gasteiger partial charge in [0.05, 0.1) is 7.11 Å². The Morgan fingerprint density at radius 3 is 2.50 bits per heavy atom. The lowest BCUT2D eigenvalue weighted by atomic mass is 9.88. The molecule has 1 spiro atoms. The number of carbonyl (C=O) groups excluding carboxylic acids is 3. The molecule has 7 nitrogen and oxygen atoms in total. The van der Waals surface area contributed by atoms with Gasteiger partial charge in [0, 0.05) is 11.5 Å². The van der Waals surface area contributed by atoms with Gasteiger partial charge >= 0.3 is 12.1 Å². The number of amides is 2. The fourth-order valence-electron chi connectivity index (χ4n) is 3.64. The summed E-state index contributed by atoms with van der Waals surface area (Å²) in [5, 5.41) is 5.63. The van der Waals surface area contributed by atoms with Crippen LogP contribution in [0.15, 0.2) is 0 Å². The number of methoxy groups -OCH3 is 1. The molecular weight excluding hydrogens is 312 g/mol. The van der Waals surface area contributed by atoms with Crippen LogP contribution in [0.25, 0.3) is 0 Å². The van der Waals surface area contributed by atoms with Crippen LogP contribution < -0.4 is 10.6 Å². The van der Waals surface area contributed by atoms with Crippen molar-refractivity contribution in [2.45, 2.75) is 76.5 Å². The van der Waals surface area contributed by atoms with Crippen LogP contribution in [0.5, 0.6) is 0 Å². The molecule has 2 N–H and O–H groups in total. The van der Waals surface area contributed by atoms with Crippen LogP contribution in [0.2, 0.25) is 0 Å². The third-order valence-corrected chi connectivity index (χ3v) is 4.65. The molecular formula is C17H28N2O5. The molecule has 0 aromatic heterocycles. The Labute approximate surface area is 142 Å². The zero-order valence-corrected chi connectivity index (χ0v) is 14.9. The summed E-state index contributed by atoms with van der Waals surface area (Å²) in [7, 11) is 1.26. The van der Waals surface area contributed by atoms with Gasteiger partial charge in [0.2, 0.25) is 5.91 Å². The van der Waals surface area contributed by atoms with Crippen LogP contribution in [-0.2, 0) is 19.1 Å². The van der Waals surface area contributed by atoms with E-state index >= 15 is 0 Å². The number of carbonyl (C=O) groups is 3. The van der Waals surface area contributed by atoms with E-state index in [0.717, 1.165) is 25.7 Å². The topological polar surface area (TPSA) is 93.7 Å². The highest BCUT2D eigenvalue weighted by molar-refractivity contribution is 5.85. The molecule has 2 fully saturated rings. The highest BCUT2D eigenvalue weighted by Crippen LogP contribution is 2.40. The van der Waals surface area contributed by atoms with Crippen molar-refractivity contribution in [2.75, 3.05) is 7.11 Å². The lowest BCUT2D eigenvalue weighted by Gasteiger charge is -2.24. The van der Waals surface area contributed by atoms with E-state index in [1.807, 2.05) is 0 Å². The van der Waals surface area contributed by atoms with Crippen LogP contribution in [0.3, 0.4) is 0 Å². The number of rotatable bonds is 4. The van der Waals surface area contributed by atoms with Gasteiger partial charge in [0.1, 0.15) is 11.6 Å². The van der Waals surface area contributed by atoms with Crippen molar-refractivity contribution in [3.63, 3.8) is 0 Å². The smallest absolute Gasteiger partial charge is 0.408 e. The second kappa shape index (κ2) is 6.99. The Bertz CT molecular complexity index is 506. The molecule has 0 radical (unpaired) electrons. The van der Waals surface area contributed by atoms with E-state index in [1.54, 1.807) is 20.8 Å². The highest BCUT2D eigenvalue weighted by Gasteiger charge is 2.46. The van der Waals surface area contributed by atoms with Crippen LogP contribution in [0, 0.1) is 5.92 Å². The first-order chi connectivity index (χ1) is 11.1. The van der Waals surface area contributed by atoms with E-state index < -0.39 is 23.7 Å². The number of alkyl carbamates (subject to hydrolysis) is 1. The first-order valence-corrected chi connectivity index (χ1v) is 8.53. The van der Waals surface area contributed by atoms with Gasteiger partial charge in [-0.15, -0.1) is 0 Å². The third-order valence-electron chi connectivity index (χ3n) is 4.65. The van der Waals surface area contributed by atoms with Gasteiger partial charge in [-0.1, -0.05) is 12.8 Å². The van der Waals surface area contributed by atoms with Gasteiger partial charge < -0.3 is 20.1 Å². The SMILES string of the molecule is COC(=O)C(CC1CC2(CCCC2)NC1=O)NC(=O)OC(C)(C)C. The molecule has 1 saturated heterocycles. The van der Waals surface area contributed by atoms with Crippen molar-refractivity contribution in [1.29, 1.82) is 0 Å². The molecule has 2 amide bonds. The van der Waals surface area contributed by atoms with Gasteiger partial charge in [-0.25, -0.2) is 9.59 Å². The molecule has 1 aliphatic carbocycles. The average molecular weight is 340 g/mol. The maximum Gasteiger partial charge on any atom is 0.408 e. The van der Waals surface area contributed by atoms with E-state index in [9.17, 15) is 14.4 Å². The average Bonchev–Trinajstić information content (AvgIpc) is 3.02. The quantitative estimate of drug-likeness (QED) is 0.762. The standard InChI is InChI=1S/C17H28N2O5/c1-16(2,3)24-15(22)18-12(14(21)23-4)9-11-10-17(19-13(11)20)7-5-6-8-17/h11-12H,5-10H2,1-4H3,(H,18,22)(H,19,20). The number of nitrogens with one attached hydrogen (secondary N) is 2. The second-order valence-corrected chi connectivity index (χ2v) is 7.84. The molecule has 0 aromatic rings. The summed E-state index contributed by atoms with van der Waals surface area (Å²) in [4.78, 5) is 36.2. The minimum atomic E-state index is -0.892. The molecule has 1 heterocycles. The van der Waals surface area contributed by atoms with Crippen molar-refractivity contribution in [2.24, 2.45) is 5.92 Å². The summed E-state index contributed by atoms with van der Waals surface area (Å²) in [5.74, 6) is -0.917. The molecule has 0 bridgehead atoms. The van der Waals surface area contributed by atoms with E-state index in [4.69, 9.17) is 9.47 Å². The number of esters is 1. The number of hydrogen-bond donors (Lipinski definition) is 2. The molecule has 1 aliphatic heterocycles. The first-order valence-electron chi connectivity index (χ1n) is 8.53. The molecule has 136 valence electrons. The minimum absolute atomic E-state index is 0.0446. The Hall–Kier alpha value is -1.79. The van der Waals surface area contributed by atoms with Gasteiger partial charge in [-0.05, 0) is 46.5 Å². The lowest BCUT2D eigenvalue weighted by Crippen LogP contribution is -2.45. The lowest BCUT2D eigenvalue weighted by molar-refractivity contribution is -0.143. The van der Waals surface area contributed by atoms with Crippen LogP contribution >= 0.6 is 0 Å². The van der Waals surface area contributed by atoms with Gasteiger partial charge in [0.15, 0.2) is 0 Å². The fraction of sp³-hybridized carbons (Fsp3) is 0.824. The number of hydrogen-bond acceptors (Lipinski definition) is 5. The fourth-order valence-corrected chi connectivity index (χ4v) is 3.64. The van der Waals surface area contributed by atoms with Gasteiger partial charge in [-0.2, -0.15) is 0 Å². The third kappa shape index (κ3) is 4.61. The van der Waals surface area contributed by atoms with Crippen molar-refractivity contribution >= 4 is 18.0 Å². The normalized spacial score (nSPS) is 23.7. The van der Waals surface area contributed by atoms with Crippen LogP contribution in [0.1, 0.15) is 59.3 Å². The van der Waals surface area contributed by atoms with Crippen LogP contribution in [-0.4, -0.2) is 42.3 Å². The summed E-state index contributed by atoms with van der Waals surface area (Å²) < 4.78 is 9.95. The maximum absolute atomic E-state index is 12.3. The first kappa shape index (κ1) is 18.5. The molecule has 2 atom stereocenters. The summed E-state index contributed by atoms with van der Waals surface area (Å²) in [6.45, 7) is 5.23. The van der Waals surface area contributed by atoms with Gasteiger partial charge in [-0.3, -0.25) is 4.79 Å². The van der Waals surface area contributed by atoms with E-state index in [2.05, 4.69) is 10.6 Å². The van der Waals surface area contributed by atoms with Gasteiger partial charge in [0.25, 0.3) is 0 Å². The summed E-state index contributed by atoms with van der Waals surface area (Å²) >= 11 is 0. The zero-order valence-electron chi connectivity index (χ0n) is 14.9. The Morgan fingerprint density at radius 1 is 1.33 bits per heavy atom.